The topological polar surface area (TPSA) is 53.6 Å². The Morgan fingerprint density at radius 1 is 1.58 bits per heavy atom. The molecule has 2 rings (SSSR count). The predicted molar refractivity (Wildman–Crippen MR) is 75.7 cm³/mol. The van der Waals surface area contributed by atoms with Crippen LogP contribution < -0.4 is 10.6 Å². The lowest BCUT2D eigenvalue weighted by atomic mass is 10.3. The highest BCUT2D eigenvalue weighted by molar-refractivity contribution is 6.30. The van der Waals surface area contributed by atoms with Crippen LogP contribution in [0.15, 0.2) is 24.3 Å². The van der Waals surface area contributed by atoms with Gasteiger partial charge in [0.25, 0.3) is 0 Å². The maximum atomic E-state index is 11.7. The van der Waals surface area contributed by atoms with Crippen LogP contribution in [0.2, 0.25) is 5.02 Å². The van der Waals surface area contributed by atoms with Gasteiger partial charge in [0.15, 0.2) is 0 Å². The number of ether oxygens (including phenoxy) is 1. The lowest BCUT2D eigenvalue weighted by Crippen LogP contribution is -2.46. The maximum Gasteiger partial charge on any atom is 0.319 e. The highest BCUT2D eigenvalue weighted by atomic mass is 35.5. The second-order valence-electron chi connectivity index (χ2n) is 4.60. The number of hydrogen-bond acceptors (Lipinski definition) is 3. The molecule has 19 heavy (non-hydrogen) atoms. The molecular weight excluding hydrogens is 266 g/mol. The van der Waals surface area contributed by atoms with Crippen molar-refractivity contribution in [3.8, 4) is 0 Å². The number of morpholine rings is 1. The Balaban J connectivity index is 1.75. The lowest BCUT2D eigenvalue weighted by molar-refractivity contribution is -0.0166. The van der Waals surface area contributed by atoms with Crippen molar-refractivity contribution in [1.82, 2.24) is 10.2 Å². The van der Waals surface area contributed by atoms with Crippen LogP contribution in [0.5, 0.6) is 0 Å². The number of anilines is 1. The van der Waals surface area contributed by atoms with Gasteiger partial charge in [-0.05, 0) is 25.2 Å². The summed E-state index contributed by atoms with van der Waals surface area (Å²) in [5, 5.41) is 6.12. The van der Waals surface area contributed by atoms with Crippen LogP contribution >= 0.6 is 11.6 Å². The summed E-state index contributed by atoms with van der Waals surface area (Å²) in [6.45, 7) is 2.97. The molecule has 1 unspecified atom stereocenters. The Morgan fingerprint density at radius 2 is 2.42 bits per heavy atom. The first-order valence-electron chi connectivity index (χ1n) is 6.24. The number of carbonyl (C=O) groups excluding carboxylic acids is 1. The predicted octanol–water partition coefficient (Wildman–Crippen LogP) is 1.79. The molecule has 2 N–H and O–H groups in total. The molecule has 1 heterocycles. The number of halogens is 1. The summed E-state index contributed by atoms with van der Waals surface area (Å²) in [6.07, 6.45) is 0.0452. The van der Waals surface area contributed by atoms with Crippen molar-refractivity contribution in [1.29, 1.82) is 0 Å². The second-order valence-corrected chi connectivity index (χ2v) is 5.04. The lowest BCUT2D eigenvalue weighted by Gasteiger charge is -2.30. The number of benzene rings is 1. The summed E-state index contributed by atoms with van der Waals surface area (Å²) in [6, 6.07) is 6.79. The molecule has 0 aromatic heterocycles. The van der Waals surface area contributed by atoms with E-state index in [1.165, 1.54) is 0 Å². The molecule has 1 aromatic rings. The van der Waals surface area contributed by atoms with Gasteiger partial charge in [0.2, 0.25) is 0 Å². The van der Waals surface area contributed by atoms with Crippen molar-refractivity contribution in [2.75, 3.05) is 38.6 Å². The molecule has 6 heteroatoms. The smallest absolute Gasteiger partial charge is 0.319 e. The van der Waals surface area contributed by atoms with E-state index in [-0.39, 0.29) is 12.1 Å². The fraction of sp³-hybridized carbons (Fsp3) is 0.462. The van der Waals surface area contributed by atoms with Gasteiger partial charge in [-0.3, -0.25) is 0 Å². The Labute approximate surface area is 117 Å². The molecule has 2 amide bonds. The van der Waals surface area contributed by atoms with E-state index in [2.05, 4.69) is 15.5 Å². The third kappa shape index (κ3) is 4.70. The number of rotatable bonds is 3. The van der Waals surface area contributed by atoms with Gasteiger partial charge in [-0.15, -0.1) is 0 Å². The Morgan fingerprint density at radius 3 is 3.16 bits per heavy atom. The van der Waals surface area contributed by atoms with E-state index in [1.54, 1.807) is 24.3 Å². The van der Waals surface area contributed by atoms with Gasteiger partial charge in [-0.2, -0.15) is 0 Å². The molecule has 1 aliphatic rings. The third-order valence-electron chi connectivity index (χ3n) is 2.91. The largest absolute Gasteiger partial charge is 0.374 e. The first-order chi connectivity index (χ1) is 9.13. The van der Waals surface area contributed by atoms with E-state index in [1.807, 2.05) is 7.05 Å². The third-order valence-corrected chi connectivity index (χ3v) is 3.15. The molecule has 1 saturated heterocycles. The normalized spacial score (nSPS) is 20.0. The number of hydrogen-bond donors (Lipinski definition) is 2. The van der Waals surface area contributed by atoms with Crippen LogP contribution in [-0.4, -0.2) is 50.3 Å². The van der Waals surface area contributed by atoms with E-state index in [9.17, 15) is 4.79 Å². The van der Waals surface area contributed by atoms with Gasteiger partial charge in [0.1, 0.15) is 0 Å². The summed E-state index contributed by atoms with van der Waals surface area (Å²) in [5.74, 6) is 0. The molecule has 1 aliphatic heterocycles. The average Bonchev–Trinajstić information content (AvgIpc) is 2.36. The number of nitrogens with one attached hydrogen (secondary N) is 2. The number of nitrogens with zero attached hydrogens (tertiary/aromatic N) is 1. The van der Waals surface area contributed by atoms with Crippen LogP contribution in [0, 0.1) is 0 Å². The summed E-state index contributed by atoms with van der Waals surface area (Å²) in [4.78, 5) is 13.9. The first kappa shape index (κ1) is 14.1. The number of amides is 2. The average molecular weight is 284 g/mol. The zero-order valence-electron chi connectivity index (χ0n) is 10.9. The highest BCUT2D eigenvalue weighted by Gasteiger charge is 2.18. The molecule has 1 aromatic carbocycles. The molecule has 0 saturated carbocycles. The zero-order valence-corrected chi connectivity index (χ0v) is 11.6. The van der Waals surface area contributed by atoms with Gasteiger partial charge in [-0.1, -0.05) is 17.7 Å². The summed E-state index contributed by atoms with van der Waals surface area (Å²) >= 11 is 5.85. The fourth-order valence-electron chi connectivity index (χ4n) is 1.94. The van der Waals surface area contributed by atoms with Gasteiger partial charge >= 0.3 is 6.03 Å². The fourth-order valence-corrected chi connectivity index (χ4v) is 2.13. The highest BCUT2D eigenvalue weighted by Crippen LogP contribution is 2.14. The van der Waals surface area contributed by atoms with E-state index in [0.717, 1.165) is 13.1 Å². The van der Waals surface area contributed by atoms with Crippen molar-refractivity contribution in [3.63, 3.8) is 0 Å². The van der Waals surface area contributed by atoms with Crippen molar-refractivity contribution in [3.05, 3.63) is 29.3 Å². The van der Waals surface area contributed by atoms with E-state index >= 15 is 0 Å². The van der Waals surface area contributed by atoms with Gasteiger partial charge in [0, 0.05) is 30.3 Å². The standard InChI is InChI=1S/C13H18ClN3O2/c1-17-5-6-19-12(9-17)8-15-13(18)16-11-4-2-3-10(14)7-11/h2-4,7,12H,5-6,8-9H2,1H3,(H2,15,16,18). The molecule has 1 atom stereocenters. The van der Waals surface area contributed by atoms with E-state index < -0.39 is 0 Å². The van der Waals surface area contributed by atoms with Crippen molar-refractivity contribution < 1.29 is 9.53 Å². The molecule has 0 bridgehead atoms. The van der Waals surface area contributed by atoms with Crippen molar-refractivity contribution >= 4 is 23.3 Å². The van der Waals surface area contributed by atoms with Crippen molar-refractivity contribution in [2.24, 2.45) is 0 Å². The quantitative estimate of drug-likeness (QED) is 0.889. The molecule has 0 radical (unpaired) electrons. The number of likely N-dealkylation sites (N-methyl/N-ethyl adjacent to an activating group) is 1. The minimum Gasteiger partial charge on any atom is -0.374 e. The molecule has 5 nitrogen and oxygen atoms in total. The van der Waals surface area contributed by atoms with Crippen LogP contribution in [-0.2, 0) is 4.74 Å². The molecule has 0 spiro atoms. The molecule has 1 fully saturated rings. The first-order valence-corrected chi connectivity index (χ1v) is 6.62. The SMILES string of the molecule is CN1CCOC(CNC(=O)Nc2cccc(Cl)c2)C1. The zero-order chi connectivity index (χ0) is 13.7. The Kier molecular flexibility index (Phi) is 5.01. The number of urea groups is 1. The van der Waals surface area contributed by atoms with Gasteiger partial charge in [-0.25, -0.2) is 4.79 Å². The maximum absolute atomic E-state index is 11.7. The van der Waals surface area contributed by atoms with E-state index in [4.69, 9.17) is 16.3 Å². The summed E-state index contributed by atoms with van der Waals surface area (Å²) in [5.41, 5.74) is 0.673. The summed E-state index contributed by atoms with van der Waals surface area (Å²) in [7, 11) is 2.04. The minimum atomic E-state index is -0.251. The van der Waals surface area contributed by atoms with Crippen LogP contribution in [0.4, 0.5) is 10.5 Å². The monoisotopic (exact) mass is 283 g/mol. The second kappa shape index (κ2) is 6.75. The molecular formula is C13H18ClN3O2. The Hall–Kier alpha value is -1.30. The Bertz CT molecular complexity index is 442. The van der Waals surface area contributed by atoms with Crippen LogP contribution in [0.3, 0.4) is 0 Å². The summed E-state index contributed by atoms with van der Waals surface area (Å²) < 4.78 is 5.56. The van der Waals surface area contributed by atoms with Gasteiger partial charge < -0.3 is 20.3 Å². The molecule has 0 aliphatic carbocycles. The van der Waals surface area contributed by atoms with Crippen LogP contribution in [0.1, 0.15) is 0 Å². The molecule has 104 valence electrons. The van der Waals surface area contributed by atoms with Crippen molar-refractivity contribution in [2.45, 2.75) is 6.10 Å². The van der Waals surface area contributed by atoms with Crippen LogP contribution in [0.25, 0.3) is 0 Å². The van der Waals surface area contributed by atoms with E-state index in [0.29, 0.717) is 23.9 Å². The van der Waals surface area contributed by atoms with Gasteiger partial charge in [0.05, 0.1) is 12.7 Å². The minimum absolute atomic E-state index is 0.0452. The number of carbonyl (C=O) groups is 1.